The van der Waals surface area contributed by atoms with Crippen LogP contribution in [0.4, 0.5) is 0 Å². The number of rotatable bonds is 8. The van der Waals surface area contributed by atoms with Gasteiger partial charge in [-0.15, -0.1) is 0 Å². The third-order valence-electron chi connectivity index (χ3n) is 2.70. The minimum absolute atomic E-state index is 0.391. The monoisotopic (exact) mass is 225 g/mol. The maximum Gasteiger partial charge on any atom is 0.0550 e. The fraction of sp³-hybridized carbons (Fsp3) is 0.750. The minimum Gasteiger partial charge on any atom is -0.385 e. The topological polar surface area (TPSA) is 39.1 Å². The van der Waals surface area contributed by atoms with Crippen LogP contribution in [-0.2, 0) is 11.8 Å². The van der Waals surface area contributed by atoms with Gasteiger partial charge < -0.3 is 10.1 Å². The predicted molar refractivity (Wildman–Crippen MR) is 65.4 cm³/mol. The Balaban J connectivity index is 2.53. The molecule has 0 aliphatic rings. The van der Waals surface area contributed by atoms with Gasteiger partial charge in [0.25, 0.3) is 0 Å². The van der Waals surface area contributed by atoms with E-state index in [4.69, 9.17) is 4.74 Å². The van der Waals surface area contributed by atoms with Crippen molar-refractivity contribution in [2.45, 2.75) is 32.2 Å². The van der Waals surface area contributed by atoms with E-state index >= 15 is 0 Å². The molecule has 0 radical (unpaired) electrons. The summed E-state index contributed by atoms with van der Waals surface area (Å²) in [7, 11) is 3.74. The molecule has 0 aliphatic heterocycles. The second-order valence-electron chi connectivity index (χ2n) is 4.02. The van der Waals surface area contributed by atoms with Crippen LogP contribution >= 0.6 is 0 Å². The fourth-order valence-electron chi connectivity index (χ4n) is 1.83. The zero-order valence-corrected chi connectivity index (χ0v) is 10.6. The predicted octanol–water partition coefficient (Wildman–Crippen LogP) is 1.89. The Morgan fingerprint density at radius 1 is 1.56 bits per heavy atom. The van der Waals surface area contributed by atoms with Crippen molar-refractivity contribution < 1.29 is 4.74 Å². The number of methoxy groups -OCH3 is 1. The zero-order valence-electron chi connectivity index (χ0n) is 10.6. The quantitative estimate of drug-likeness (QED) is 0.687. The molecule has 1 aromatic rings. The lowest BCUT2D eigenvalue weighted by molar-refractivity contribution is 0.188. The van der Waals surface area contributed by atoms with Gasteiger partial charge in [-0.1, -0.05) is 6.92 Å². The van der Waals surface area contributed by atoms with Crippen LogP contribution in [0.5, 0.6) is 0 Å². The van der Waals surface area contributed by atoms with Gasteiger partial charge in [-0.05, 0) is 31.9 Å². The number of hydrogen-bond donors (Lipinski definition) is 1. The maximum atomic E-state index is 5.09. The standard InChI is InChI=1S/C12H23N3O/c1-4-8-13-11(6-5-10-16-3)12-7-9-14-15(12)2/h7,9,11,13H,4-6,8,10H2,1-3H3. The van der Waals surface area contributed by atoms with Crippen LogP contribution in [0.15, 0.2) is 12.3 Å². The highest BCUT2D eigenvalue weighted by Gasteiger charge is 2.13. The van der Waals surface area contributed by atoms with Gasteiger partial charge in [0.1, 0.15) is 0 Å². The number of ether oxygens (including phenoxy) is 1. The van der Waals surface area contributed by atoms with E-state index in [9.17, 15) is 0 Å². The average molecular weight is 225 g/mol. The lowest BCUT2D eigenvalue weighted by Crippen LogP contribution is -2.24. The molecule has 92 valence electrons. The molecule has 1 atom stereocenters. The van der Waals surface area contributed by atoms with E-state index in [2.05, 4.69) is 23.4 Å². The van der Waals surface area contributed by atoms with Crippen LogP contribution in [0.25, 0.3) is 0 Å². The molecule has 4 nitrogen and oxygen atoms in total. The summed E-state index contributed by atoms with van der Waals surface area (Å²) in [5.74, 6) is 0. The molecule has 0 bridgehead atoms. The van der Waals surface area contributed by atoms with Crippen molar-refractivity contribution in [2.75, 3.05) is 20.3 Å². The van der Waals surface area contributed by atoms with E-state index < -0.39 is 0 Å². The van der Waals surface area contributed by atoms with Crippen molar-refractivity contribution in [1.82, 2.24) is 15.1 Å². The third kappa shape index (κ3) is 3.94. The van der Waals surface area contributed by atoms with Crippen molar-refractivity contribution in [3.63, 3.8) is 0 Å². The van der Waals surface area contributed by atoms with Gasteiger partial charge in [-0.3, -0.25) is 4.68 Å². The van der Waals surface area contributed by atoms with Crippen LogP contribution in [-0.4, -0.2) is 30.0 Å². The molecule has 0 amide bonds. The number of nitrogens with zero attached hydrogens (tertiary/aromatic N) is 2. The molecule has 0 spiro atoms. The van der Waals surface area contributed by atoms with Gasteiger partial charge in [-0.2, -0.15) is 5.10 Å². The van der Waals surface area contributed by atoms with Gasteiger partial charge in [0, 0.05) is 33.0 Å². The smallest absolute Gasteiger partial charge is 0.0550 e. The first-order chi connectivity index (χ1) is 7.79. The maximum absolute atomic E-state index is 5.09. The Labute approximate surface area is 98.0 Å². The molecule has 1 rings (SSSR count). The normalized spacial score (nSPS) is 12.9. The van der Waals surface area contributed by atoms with Gasteiger partial charge in [-0.25, -0.2) is 0 Å². The van der Waals surface area contributed by atoms with Crippen LogP contribution in [0, 0.1) is 0 Å². The SMILES string of the molecule is CCCNC(CCCOC)c1ccnn1C. The minimum atomic E-state index is 0.391. The highest BCUT2D eigenvalue weighted by Crippen LogP contribution is 2.17. The number of nitrogens with one attached hydrogen (secondary N) is 1. The molecule has 1 aromatic heterocycles. The molecular weight excluding hydrogens is 202 g/mol. The lowest BCUT2D eigenvalue weighted by atomic mass is 10.1. The van der Waals surface area contributed by atoms with E-state index in [0.717, 1.165) is 32.4 Å². The second kappa shape index (κ2) is 7.41. The summed E-state index contributed by atoms with van der Waals surface area (Å²) in [6.07, 6.45) is 5.17. The summed E-state index contributed by atoms with van der Waals surface area (Å²) < 4.78 is 7.04. The van der Waals surface area contributed by atoms with Crippen LogP contribution in [0.1, 0.15) is 37.9 Å². The van der Waals surface area contributed by atoms with Crippen molar-refractivity contribution in [2.24, 2.45) is 7.05 Å². The largest absolute Gasteiger partial charge is 0.385 e. The molecule has 4 heteroatoms. The first kappa shape index (κ1) is 13.2. The summed E-state index contributed by atoms with van der Waals surface area (Å²) in [4.78, 5) is 0. The van der Waals surface area contributed by atoms with Crippen LogP contribution < -0.4 is 5.32 Å². The highest BCUT2D eigenvalue weighted by molar-refractivity contribution is 5.06. The van der Waals surface area contributed by atoms with Gasteiger partial charge in [0.2, 0.25) is 0 Å². The van der Waals surface area contributed by atoms with Gasteiger partial charge >= 0.3 is 0 Å². The molecule has 16 heavy (non-hydrogen) atoms. The van der Waals surface area contributed by atoms with E-state index in [1.54, 1.807) is 7.11 Å². The third-order valence-corrected chi connectivity index (χ3v) is 2.70. The second-order valence-corrected chi connectivity index (χ2v) is 4.02. The fourth-order valence-corrected chi connectivity index (χ4v) is 1.83. The molecular formula is C12H23N3O. The summed E-state index contributed by atoms with van der Waals surface area (Å²) in [5, 5.41) is 7.77. The average Bonchev–Trinajstić information content (AvgIpc) is 2.70. The Bertz CT molecular complexity index is 286. The number of aromatic nitrogens is 2. The molecule has 0 saturated carbocycles. The van der Waals surface area contributed by atoms with Crippen molar-refractivity contribution in [3.05, 3.63) is 18.0 Å². The zero-order chi connectivity index (χ0) is 11.8. The Hall–Kier alpha value is -0.870. The van der Waals surface area contributed by atoms with E-state index in [-0.39, 0.29) is 0 Å². The number of hydrogen-bond acceptors (Lipinski definition) is 3. The summed E-state index contributed by atoms with van der Waals surface area (Å²) in [6.45, 7) is 4.05. The first-order valence-corrected chi connectivity index (χ1v) is 5.99. The Morgan fingerprint density at radius 2 is 2.38 bits per heavy atom. The molecule has 0 aromatic carbocycles. The van der Waals surface area contributed by atoms with Crippen molar-refractivity contribution in [3.8, 4) is 0 Å². The van der Waals surface area contributed by atoms with Crippen LogP contribution in [0.3, 0.4) is 0 Å². The summed E-state index contributed by atoms with van der Waals surface area (Å²) in [6, 6.07) is 2.47. The van der Waals surface area contributed by atoms with Crippen LogP contribution in [0.2, 0.25) is 0 Å². The van der Waals surface area contributed by atoms with Gasteiger partial charge in [0.15, 0.2) is 0 Å². The molecule has 0 aliphatic carbocycles. The molecule has 0 saturated heterocycles. The molecule has 1 heterocycles. The highest BCUT2D eigenvalue weighted by atomic mass is 16.5. The molecule has 0 fully saturated rings. The summed E-state index contributed by atoms with van der Waals surface area (Å²) >= 11 is 0. The van der Waals surface area contributed by atoms with E-state index in [1.165, 1.54) is 5.69 Å². The first-order valence-electron chi connectivity index (χ1n) is 5.99. The lowest BCUT2D eigenvalue weighted by Gasteiger charge is -2.18. The summed E-state index contributed by atoms with van der Waals surface area (Å²) in [5.41, 5.74) is 1.25. The van der Waals surface area contributed by atoms with E-state index in [1.807, 2.05) is 17.9 Å². The Kier molecular flexibility index (Phi) is 6.11. The molecule has 1 unspecified atom stereocenters. The van der Waals surface area contributed by atoms with Crippen molar-refractivity contribution >= 4 is 0 Å². The van der Waals surface area contributed by atoms with Gasteiger partial charge in [0.05, 0.1) is 5.69 Å². The Morgan fingerprint density at radius 3 is 2.94 bits per heavy atom. The molecule has 1 N–H and O–H groups in total. The van der Waals surface area contributed by atoms with E-state index in [0.29, 0.717) is 6.04 Å². The van der Waals surface area contributed by atoms with Crippen molar-refractivity contribution in [1.29, 1.82) is 0 Å². The number of aryl methyl sites for hydroxylation is 1.